The van der Waals surface area contributed by atoms with Crippen molar-refractivity contribution >= 4 is 10.9 Å². The van der Waals surface area contributed by atoms with Crippen LogP contribution in [0.3, 0.4) is 0 Å². The van der Waals surface area contributed by atoms with E-state index in [1.807, 2.05) is 19.1 Å². The predicted molar refractivity (Wildman–Crippen MR) is 101 cm³/mol. The summed E-state index contributed by atoms with van der Waals surface area (Å²) in [5.74, 6) is 0.244. The van der Waals surface area contributed by atoms with Crippen LogP contribution in [0.15, 0.2) is 42.7 Å². The van der Waals surface area contributed by atoms with Crippen LogP contribution in [0, 0.1) is 6.92 Å². The van der Waals surface area contributed by atoms with Crippen molar-refractivity contribution in [3.05, 3.63) is 65.1 Å². The average Bonchev–Trinajstić information content (AvgIpc) is 2.84. The van der Waals surface area contributed by atoms with Crippen molar-refractivity contribution in [1.29, 1.82) is 0 Å². The van der Waals surface area contributed by atoms with Crippen LogP contribution in [0.2, 0.25) is 0 Å². The lowest BCUT2D eigenvalue weighted by Gasteiger charge is -2.28. The molecule has 130 valence electrons. The first kappa shape index (κ1) is 16.3. The van der Waals surface area contributed by atoms with Gasteiger partial charge >= 0.3 is 0 Å². The number of pyridine rings is 1. The molecule has 4 rings (SSSR count). The number of rotatable bonds is 3. The second-order valence-electron chi connectivity index (χ2n) is 7.43. The van der Waals surface area contributed by atoms with Gasteiger partial charge in [-0.1, -0.05) is 11.6 Å². The molecule has 0 spiro atoms. The predicted octanol–water partition coefficient (Wildman–Crippen LogP) is 3.40. The van der Waals surface area contributed by atoms with Crippen molar-refractivity contribution in [2.24, 2.45) is 0 Å². The Hall–Kier alpha value is -2.17. The standard InChI is InChI=1S/C21H25N3O/c1-14-3-4-19-18(11-14)17-7-10-23-13-15(20(17)24-19)12-21(2,25)16-5-8-22-9-6-16/h3-6,8-9,11,15,23-25H,7,10,12-13H2,1-2H3. The molecule has 2 unspecified atom stereocenters. The molecule has 0 bridgehead atoms. The van der Waals surface area contributed by atoms with Gasteiger partial charge in [0.1, 0.15) is 0 Å². The number of nitrogens with one attached hydrogen (secondary N) is 2. The lowest BCUT2D eigenvalue weighted by atomic mass is 9.84. The number of hydrogen-bond donors (Lipinski definition) is 3. The Morgan fingerprint density at radius 3 is 2.84 bits per heavy atom. The van der Waals surface area contributed by atoms with E-state index >= 15 is 0 Å². The molecule has 0 radical (unpaired) electrons. The highest BCUT2D eigenvalue weighted by atomic mass is 16.3. The first-order chi connectivity index (χ1) is 12.0. The maximum Gasteiger partial charge on any atom is 0.0876 e. The van der Waals surface area contributed by atoms with E-state index in [0.29, 0.717) is 6.42 Å². The Kier molecular flexibility index (Phi) is 4.10. The van der Waals surface area contributed by atoms with Crippen LogP contribution in [0.25, 0.3) is 10.9 Å². The summed E-state index contributed by atoms with van der Waals surface area (Å²) in [6.45, 7) is 5.89. The van der Waals surface area contributed by atoms with E-state index in [0.717, 1.165) is 25.1 Å². The third kappa shape index (κ3) is 3.08. The van der Waals surface area contributed by atoms with Crippen molar-refractivity contribution < 1.29 is 5.11 Å². The molecule has 4 heteroatoms. The van der Waals surface area contributed by atoms with E-state index in [4.69, 9.17) is 0 Å². The number of aryl methyl sites for hydroxylation is 1. The molecule has 0 saturated heterocycles. The topological polar surface area (TPSA) is 60.9 Å². The third-order valence-electron chi connectivity index (χ3n) is 5.39. The molecule has 25 heavy (non-hydrogen) atoms. The van der Waals surface area contributed by atoms with E-state index in [1.54, 1.807) is 12.4 Å². The summed E-state index contributed by atoms with van der Waals surface area (Å²) in [6, 6.07) is 10.4. The Morgan fingerprint density at radius 1 is 1.24 bits per heavy atom. The molecule has 0 fully saturated rings. The van der Waals surface area contributed by atoms with Crippen LogP contribution in [0.5, 0.6) is 0 Å². The van der Waals surface area contributed by atoms with E-state index in [-0.39, 0.29) is 5.92 Å². The van der Waals surface area contributed by atoms with Crippen molar-refractivity contribution in [2.45, 2.75) is 38.2 Å². The minimum atomic E-state index is -0.885. The highest BCUT2D eigenvalue weighted by Gasteiger charge is 2.31. The summed E-state index contributed by atoms with van der Waals surface area (Å²) in [7, 11) is 0. The van der Waals surface area contributed by atoms with Crippen LogP contribution in [0.4, 0.5) is 0 Å². The fourth-order valence-electron chi connectivity index (χ4n) is 4.07. The first-order valence-corrected chi connectivity index (χ1v) is 8.99. The molecule has 1 aromatic carbocycles. The second kappa shape index (κ2) is 6.28. The van der Waals surface area contributed by atoms with Gasteiger partial charge in [-0.25, -0.2) is 0 Å². The maximum absolute atomic E-state index is 11.1. The van der Waals surface area contributed by atoms with Gasteiger partial charge in [0.2, 0.25) is 0 Å². The molecule has 0 saturated carbocycles. The molecule has 2 atom stereocenters. The molecule has 3 heterocycles. The van der Waals surface area contributed by atoms with Crippen molar-refractivity contribution in [3.63, 3.8) is 0 Å². The number of aromatic nitrogens is 2. The number of hydrogen-bond acceptors (Lipinski definition) is 3. The van der Waals surface area contributed by atoms with Crippen LogP contribution in [0.1, 0.15) is 41.6 Å². The molecule has 3 N–H and O–H groups in total. The fraction of sp³-hybridized carbons (Fsp3) is 0.381. The van der Waals surface area contributed by atoms with E-state index < -0.39 is 5.60 Å². The summed E-state index contributed by atoms with van der Waals surface area (Å²) in [5, 5.41) is 16.0. The molecular formula is C21H25N3O. The highest BCUT2D eigenvalue weighted by molar-refractivity contribution is 5.85. The lowest BCUT2D eigenvalue weighted by Crippen LogP contribution is -2.29. The minimum Gasteiger partial charge on any atom is -0.385 e. The van der Waals surface area contributed by atoms with Gasteiger partial charge in [-0.3, -0.25) is 4.98 Å². The molecule has 3 aromatic rings. The van der Waals surface area contributed by atoms with Crippen LogP contribution in [-0.2, 0) is 12.0 Å². The van der Waals surface area contributed by atoms with Crippen LogP contribution in [-0.4, -0.2) is 28.2 Å². The normalized spacial score (nSPS) is 20.0. The number of H-pyrrole nitrogens is 1. The van der Waals surface area contributed by atoms with Gasteiger partial charge in [-0.05, 0) is 68.6 Å². The van der Waals surface area contributed by atoms with Gasteiger partial charge in [0, 0.05) is 41.5 Å². The number of aromatic amines is 1. The van der Waals surface area contributed by atoms with Gasteiger partial charge in [0.05, 0.1) is 5.60 Å². The summed E-state index contributed by atoms with van der Waals surface area (Å²) < 4.78 is 0. The Morgan fingerprint density at radius 2 is 2.04 bits per heavy atom. The summed E-state index contributed by atoms with van der Waals surface area (Å²) in [5.41, 5.74) is 5.20. The maximum atomic E-state index is 11.1. The molecule has 2 aromatic heterocycles. The SMILES string of the molecule is Cc1ccc2[nH]c3c(c2c1)CCNCC3CC(C)(O)c1ccncc1. The smallest absolute Gasteiger partial charge is 0.0876 e. The van der Waals surface area contributed by atoms with E-state index in [9.17, 15) is 5.11 Å². The molecule has 1 aliphatic heterocycles. The zero-order valence-corrected chi connectivity index (χ0v) is 14.8. The summed E-state index contributed by atoms with van der Waals surface area (Å²) in [4.78, 5) is 7.71. The van der Waals surface area contributed by atoms with E-state index in [1.165, 1.54) is 27.7 Å². The van der Waals surface area contributed by atoms with Crippen molar-refractivity contribution in [2.75, 3.05) is 13.1 Å². The minimum absolute atomic E-state index is 0.244. The summed E-state index contributed by atoms with van der Waals surface area (Å²) >= 11 is 0. The zero-order chi connectivity index (χ0) is 17.4. The molecule has 0 aliphatic carbocycles. The third-order valence-corrected chi connectivity index (χ3v) is 5.39. The molecule has 4 nitrogen and oxygen atoms in total. The van der Waals surface area contributed by atoms with Crippen LogP contribution < -0.4 is 5.32 Å². The number of benzene rings is 1. The Labute approximate surface area is 148 Å². The highest BCUT2D eigenvalue weighted by Crippen LogP contribution is 2.37. The lowest BCUT2D eigenvalue weighted by molar-refractivity contribution is 0.0395. The summed E-state index contributed by atoms with van der Waals surface area (Å²) in [6.07, 6.45) is 5.17. The molecule has 1 aliphatic rings. The first-order valence-electron chi connectivity index (χ1n) is 8.99. The largest absolute Gasteiger partial charge is 0.385 e. The number of fused-ring (bicyclic) bond motifs is 3. The Bertz CT molecular complexity index is 883. The monoisotopic (exact) mass is 335 g/mol. The number of nitrogens with zero attached hydrogens (tertiary/aromatic N) is 1. The fourth-order valence-corrected chi connectivity index (χ4v) is 4.07. The van der Waals surface area contributed by atoms with Gasteiger partial charge < -0.3 is 15.4 Å². The quantitative estimate of drug-likeness (QED) is 0.687. The zero-order valence-electron chi connectivity index (χ0n) is 14.8. The van der Waals surface area contributed by atoms with Crippen LogP contribution >= 0.6 is 0 Å². The molecular weight excluding hydrogens is 310 g/mol. The van der Waals surface area contributed by atoms with Gasteiger partial charge in [-0.2, -0.15) is 0 Å². The van der Waals surface area contributed by atoms with Gasteiger partial charge in [-0.15, -0.1) is 0 Å². The average molecular weight is 335 g/mol. The Balaban J connectivity index is 1.73. The molecule has 0 amide bonds. The van der Waals surface area contributed by atoms with Crippen molar-refractivity contribution in [3.8, 4) is 0 Å². The van der Waals surface area contributed by atoms with E-state index in [2.05, 4.69) is 40.4 Å². The van der Waals surface area contributed by atoms with Crippen molar-refractivity contribution in [1.82, 2.24) is 15.3 Å². The number of aliphatic hydroxyl groups is 1. The second-order valence-corrected chi connectivity index (χ2v) is 7.43. The van der Waals surface area contributed by atoms with Gasteiger partial charge in [0.25, 0.3) is 0 Å². The van der Waals surface area contributed by atoms with Gasteiger partial charge in [0.15, 0.2) is 0 Å².